The first-order valence-corrected chi connectivity index (χ1v) is 6.09. The highest BCUT2D eigenvalue weighted by Gasteiger charge is 2.53. The number of ether oxygens (including phenoxy) is 1. The highest BCUT2D eigenvalue weighted by atomic mass is 16.5. The SMILES string of the molecule is COc1ccc(C(=O)NC2C3CNCC32)c(O)c1. The quantitative estimate of drug-likeness (QED) is 0.722. The lowest BCUT2D eigenvalue weighted by molar-refractivity contribution is 0.0944. The van der Waals surface area contributed by atoms with Crippen molar-refractivity contribution in [2.45, 2.75) is 6.04 Å². The molecule has 3 N–H and O–H groups in total. The molecule has 0 radical (unpaired) electrons. The lowest BCUT2D eigenvalue weighted by Gasteiger charge is -2.09. The Kier molecular flexibility index (Phi) is 2.63. The van der Waals surface area contributed by atoms with Crippen molar-refractivity contribution in [3.8, 4) is 11.5 Å². The Labute approximate surface area is 105 Å². The van der Waals surface area contributed by atoms with Crippen molar-refractivity contribution in [1.29, 1.82) is 0 Å². The molecule has 1 saturated carbocycles. The molecule has 2 fully saturated rings. The van der Waals surface area contributed by atoms with E-state index in [-0.39, 0.29) is 17.7 Å². The Bertz CT molecular complexity index is 479. The molecule has 2 unspecified atom stereocenters. The van der Waals surface area contributed by atoms with E-state index < -0.39 is 0 Å². The van der Waals surface area contributed by atoms with E-state index in [9.17, 15) is 9.90 Å². The lowest BCUT2D eigenvalue weighted by atomic mass is 10.1. The largest absolute Gasteiger partial charge is 0.507 e. The number of phenolic OH excluding ortho intramolecular Hbond substituents is 1. The molecule has 1 heterocycles. The number of carbonyl (C=O) groups is 1. The Hall–Kier alpha value is -1.75. The van der Waals surface area contributed by atoms with Gasteiger partial charge < -0.3 is 20.5 Å². The summed E-state index contributed by atoms with van der Waals surface area (Å²) >= 11 is 0. The number of carbonyl (C=O) groups excluding carboxylic acids is 1. The Balaban J connectivity index is 1.69. The van der Waals surface area contributed by atoms with Gasteiger partial charge in [-0.1, -0.05) is 0 Å². The molecular weight excluding hydrogens is 232 g/mol. The van der Waals surface area contributed by atoms with Crippen molar-refractivity contribution >= 4 is 5.91 Å². The van der Waals surface area contributed by atoms with Crippen LogP contribution in [0.15, 0.2) is 18.2 Å². The van der Waals surface area contributed by atoms with Gasteiger partial charge in [0.25, 0.3) is 5.91 Å². The molecule has 0 bridgehead atoms. The van der Waals surface area contributed by atoms with Crippen LogP contribution in [-0.4, -0.2) is 37.3 Å². The third-order valence-electron chi connectivity index (χ3n) is 3.84. The van der Waals surface area contributed by atoms with Crippen LogP contribution in [0.25, 0.3) is 0 Å². The minimum atomic E-state index is -0.213. The number of amides is 1. The summed E-state index contributed by atoms with van der Waals surface area (Å²) in [6, 6.07) is 4.97. The highest BCUT2D eigenvalue weighted by molar-refractivity contribution is 5.97. The van der Waals surface area contributed by atoms with Gasteiger partial charge in [0.05, 0.1) is 12.7 Å². The van der Waals surface area contributed by atoms with Crippen molar-refractivity contribution in [1.82, 2.24) is 10.6 Å². The van der Waals surface area contributed by atoms with Crippen molar-refractivity contribution in [3.63, 3.8) is 0 Å². The molecule has 2 aliphatic rings. The van der Waals surface area contributed by atoms with E-state index in [1.165, 1.54) is 13.2 Å². The summed E-state index contributed by atoms with van der Waals surface area (Å²) in [4.78, 5) is 12.0. The first kappa shape index (κ1) is 11.3. The van der Waals surface area contributed by atoms with Gasteiger partial charge in [0.15, 0.2) is 0 Å². The van der Waals surface area contributed by atoms with Crippen molar-refractivity contribution < 1.29 is 14.6 Å². The van der Waals surface area contributed by atoms with Crippen LogP contribution in [0.3, 0.4) is 0 Å². The first-order valence-electron chi connectivity index (χ1n) is 6.09. The van der Waals surface area contributed by atoms with Crippen molar-refractivity contribution in [3.05, 3.63) is 23.8 Å². The average Bonchev–Trinajstić information content (AvgIpc) is 2.81. The smallest absolute Gasteiger partial charge is 0.255 e. The summed E-state index contributed by atoms with van der Waals surface area (Å²) in [5.74, 6) is 1.41. The molecule has 1 aromatic carbocycles. The second-order valence-corrected chi connectivity index (χ2v) is 4.87. The number of fused-ring (bicyclic) bond motifs is 1. The molecule has 3 rings (SSSR count). The summed E-state index contributed by atoms with van der Waals surface area (Å²) in [5, 5.41) is 16.0. The standard InChI is InChI=1S/C13H16N2O3/c1-18-7-2-3-8(11(16)4-7)13(17)15-12-9-5-14-6-10(9)12/h2-4,9-10,12,14,16H,5-6H2,1H3,(H,15,17). The Morgan fingerprint density at radius 1 is 1.44 bits per heavy atom. The number of rotatable bonds is 3. The molecule has 1 aliphatic carbocycles. The van der Waals surface area contributed by atoms with Gasteiger partial charge in [-0.05, 0) is 24.0 Å². The maximum atomic E-state index is 12.0. The minimum absolute atomic E-state index is 0.0456. The third kappa shape index (κ3) is 1.80. The van der Waals surface area contributed by atoms with Crippen molar-refractivity contribution in [2.75, 3.05) is 20.2 Å². The van der Waals surface area contributed by atoms with Gasteiger partial charge in [-0.3, -0.25) is 4.79 Å². The van der Waals surface area contributed by atoms with Crippen LogP contribution in [0.4, 0.5) is 0 Å². The van der Waals surface area contributed by atoms with Crippen LogP contribution in [-0.2, 0) is 0 Å². The van der Waals surface area contributed by atoms with Crippen LogP contribution >= 0.6 is 0 Å². The van der Waals surface area contributed by atoms with Gasteiger partial charge in [-0.2, -0.15) is 0 Å². The predicted molar refractivity (Wildman–Crippen MR) is 65.8 cm³/mol. The van der Waals surface area contributed by atoms with Crippen molar-refractivity contribution in [2.24, 2.45) is 11.8 Å². The summed E-state index contributed by atoms with van der Waals surface area (Å²) in [6.07, 6.45) is 0. The summed E-state index contributed by atoms with van der Waals surface area (Å²) in [5.41, 5.74) is 0.300. The fraction of sp³-hybridized carbons (Fsp3) is 0.462. The van der Waals surface area contributed by atoms with E-state index in [2.05, 4.69) is 10.6 Å². The zero-order valence-electron chi connectivity index (χ0n) is 10.1. The molecule has 5 heteroatoms. The number of methoxy groups -OCH3 is 1. The van der Waals surface area contributed by atoms with E-state index in [1.807, 2.05) is 0 Å². The molecule has 1 aromatic rings. The molecule has 1 amide bonds. The average molecular weight is 248 g/mol. The Morgan fingerprint density at radius 2 is 2.17 bits per heavy atom. The van der Waals surface area contributed by atoms with Gasteiger partial charge >= 0.3 is 0 Å². The van der Waals surface area contributed by atoms with Crippen LogP contribution in [0.1, 0.15) is 10.4 Å². The zero-order chi connectivity index (χ0) is 12.7. The van der Waals surface area contributed by atoms with E-state index >= 15 is 0 Å². The van der Waals surface area contributed by atoms with Crippen LogP contribution in [0.2, 0.25) is 0 Å². The van der Waals surface area contributed by atoms with E-state index in [4.69, 9.17) is 4.74 Å². The summed E-state index contributed by atoms with van der Waals surface area (Å²) in [6.45, 7) is 1.95. The number of hydrogen-bond acceptors (Lipinski definition) is 4. The van der Waals surface area contributed by atoms with Gasteiger partial charge in [-0.15, -0.1) is 0 Å². The first-order chi connectivity index (χ1) is 8.70. The summed E-state index contributed by atoms with van der Waals surface area (Å²) < 4.78 is 4.98. The van der Waals surface area contributed by atoms with Gasteiger partial charge in [0.2, 0.25) is 0 Å². The monoisotopic (exact) mass is 248 g/mol. The minimum Gasteiger partial charge on any atom is -0.507 e. The number of benzene rings is 1. The van der Waals surface area contributed by atoms with Crippen LogP contribution in [0.5, 0.6) is 11.5 Å². The number of aromatic hydroxyl groups is 1. The maximum Gasteiger partial charge on any atom is 0.255 e. The van der Waals surface area contributed by atoms with Gasteiger partial charge in [0, 0.05) is 25.2 Å². The van der Waals surface area contributed by atoms with Crippen LogP contribution in [0, 0.1) is 11.8 Å². The van der Waals surface area contributed by atoms with Gasteiger partial charge in [0.1, 0.15) is 11.5 Å². The molecule has 1 saturated heterocycles. The fourth-order valence-corrected chi connectivity index (χ4v) is 2.69. The second kappa shape index (κ2) is 4.17. The molecule has 5 nitrogen and oxygen atoms in total. The number of piperidine rings is 1. The maximum absolute atomic E-state index is 12.0. The lowest BCUT2D eigenvalue weighted by Crippen LogP contribution is -2.32. The normalized spacial score (nSPS) is 28.6. The predicted octanol–water partition coefficient (Wildman–Crippen LogP) is 0.348. The zero-order valence-corrected chi connectivity index (χ0v) is 10.1. The molecule has 18 heavy (non-hydrogen) atoms. The molecule has 96 valence electrons. The van der Waals surface area contributed by atoms with E-state index in [1.54, 1.807) is 12.1 Å². The second-order valence-electron chi connectivity index (χ2n) is 4.87. The Morgan fingerprint density at radius 3 is 2.78 bits per heavy atom. The third-order valence-corrected chi connectivity index (χ3v) is 3.84. The van der Waals surface area contributed by atoms with Crippen LogP contribution < -0.4 is 15.4 Å². The molecule has 0 spiro atoms. The topological polar surface area (TPSA) is 70.6 Å². The molecule has 0 aromatic heterocycles. The number of nitrogens with one attached hydrogen (secondary N) is 2. The fourth-order valence-electron chi connectivity index (χ4n) is 2.69. The van der Waals surface area contributed by atoms with E-state index in [0.29, 0.717) is 23.1 Å². The molecule has 1 aliphatic heterocycles. The molecular formula is C13H16N2O3. The number of phenols is 1. The van der Waals surface area contributed by atoms with Gasteiger partial charge in [-0.25, -0.2) is 0 Å². The number of hydrogen-bond donors (Lipinski definition) is 3. The van der Waals surface area contributed by atoms with E-state index in [0.717, 1.165) is 13.1 Å². The highest BCUT2D eigenvalue weighted by Crippen LogP contribution is 2.41. The summed E-state index contributed by atoms with van der Waals surface area (Å²) in [7, 11) is 1.52. The molecule has 2 atom stereocenters.